The van der Waals surface area contributed by atoms with Gasteiger partial charge in [0.05, 0.1) is 0 Å². The number of rotatable bonds is 9. The number of unbranched alkanes of at least 4 members (excludes halogenated alkanes) is 3. The van der Waals surface area contributed by atoms with E-state index in [1.807, 2.05) is 20.8 Å². The summed E-state index contributed by atoms with van der Waals surface area (Å²) in [5.41, 5.74) is 0.348. The first kappa shape index (κ1) is 24.0. The first-order chi connectivity index (χ1) is 12.3. The summed E-state index contributed by atoms with van der Waals surface area (Å²) < 4.78 is 19.3. The van der Waals surface area contributed by atoms with Crippen LogP contribution < -0.4 is 34.3 Å². The minimum atomic E-state index is -0.451. The molecule has 0 fully saturated rings. The zero-order valence-electron chi connectivity index (χ0n) is 17.2. The molecule has 0 saturated heterocycles. The number of hydrogen-bond donors (Lipinski definition) is 0. The molecule has 1 aromatic carbocycles. The van der Waals surface area contributed by atoms with Crippen molar-refractivity contribution < 1.29 is 50.2 Å². The molecule has 2 rings (SSSR count). The van der Waals surface area contributed by atoms with E-state index in [2.05, 4.69) is 7.96 Å². The summed E-state index contributed by atoms with van der Waals surface area (Å²) in [5.74, 6) is 0.380. The van der Waals surface area contributed by atoms with E-state index in [0.29, 0.717) is 29.8 Å². The Labute approximate surface area is 188 Å². The van der Waals surface area contributed by atoms with E-state index in [-0.39, 0.29) is 57.6 Å². The van der Waals surface area contributed by atoms with Crippen LogP contribution in [-0.2, 0) is 9.53 Å². The molecule has 1 heterocycles. The Bertz CT molecular complexity index is 782. The van der Waals surface area contributed by atoms with E-state index in [0.717, 1.165) is 25.7 Å². The number of aromatic nitrogens is 2. The Kier molecular flexibility index (Phi) is 9.90. The zero-order chi connectivity index (χ0) is 19.2. The van der Waals surface area contributed by atoms with Gasteiger partial charge in [0.15, 0.2) is 0 Å². The fraction of sp³-hybridized carbons (Fsp3) is 0.588. The molecule has 0 unspecified atom stereocenters. The summed E-state index contributed by atoms with van der Waals surface area (Å²) in [6.07, 6.45) is 3.91. The fourth-order valence-corrected chi connectivity index (χ4v) is 3.57. The molecule has 0 N–H and O–H groups in total. The molecule has 1 aromatic heterocycles. The van der Waals surface area contributed by atoms with E-state index in [1.165, 1.54) is 6.07 Å². The molecule has 8 nitrogen and oxygen atoms in total. The second-order valence-corrected chi connectivity index (χ2v) is 8.01. The van der Waals surface area contributed by atoms with Gasteiger partial charge in [0.25, 0.3) is 0 Å². The second kappa shape index (κ2) is 11.1. The number of fused-ring (bicyclic) bond motifs is 1. The molecule has 144 valence electrons. The van der Waals surface area contributed by atoms with E-state index in [9.17, 15) is 14.9 Å². The van der Waals surface area contributed by atoms with Gasteiger partial charge in [-0.2, -0.15) is 0 Å². The molecule has 0 bridgehead atoms. The van der Waals surface area contributed by atoms with Crippen molar-refractivity contribution in [1.29, 1.82) is 0 Å². The van der Waals surface area contributed by atoms with Crippen LogP contribution >= 0.6 is 0 Å². The molecule has 0 radical (unpaired) electrons. The fourth-order valence-electron chi connectivity index (χ4n) is 2.39. The third-order valence-corrected chi connectivity index (χ3v) is 4.62. The number of esters is 1. The summed E-state index contributed by atoms with van der Waals surface area (Å²) in [7, 11) is 0. The van der Waals surface area contributed by atoms with Gasteiger partial charge >= 0.3 is 161 Å². The van der Waals surface area contributed by atoms with Crippen molar-refractivity contribution in [1.82, 2.24) is 7.96 Å². The zero-order valence-corrected chi connectivity index (χ0v) is 19.9. The average molecular weight is 452 g/mol. The van der Waals surface area contributed by atoms with Crippen molar-refractivity contribution in [3.63, 3.8) is 0 Å². The molecule has 0 aliphatic carbocycles. The van der Waals surface area contributed by atoms with Crippen molar-refractivity contribution in [3.05, 3.63) is 22.2 Å². The Hall–Kier alpha value is -0.991. The van der Waals surface area contributed by atoms with Crippen LogP contribution in [0.25, 0.3) is 11.0 Å². The predicted molar refractivity (Wildman–Crippen MR) is 98.7 cm³/mol. The smallest absolute Gasteiger partial charge is 1.00 e. The SMILES string of the molecule is CC(C)(C)OC(=O)CCCCCCOc1ccc([N+](=O)[O-])c2n[se]nc12.[H-].[Na+]. The van der Waals surface area contributed by atoms with E-state index in [1.54, 1.807) is 6.07 Å². The molecule has 10 heteroatoms. The topological polar surface area (TPSA) is 104 Å². The second-order valence-electron chi connectivity index (χ2n) is 6.90. The van der Waals surface area contributed by atoms with Gasteiger partial charge in [-0.25, -0.2) is 0 Å². The summed E-state index contributed by atoms with van der Waals surface area (Å²) >= 11 is -0.353. The standard InChI is InChI=1S/C17H23N3O5Se.Na.H/c1-17(2,3)25-14(21)8-6-4-5-7-11-24-13-10-9-12(20(22)23)15-16(13)19-26-18-15;;/h9-10H,4-8,11H2,1-3H3;;/q;+1;-1. The van der Waals surface area contributed by atoms with Gasteiger partial charge in [-0.05, 0) is 20.8 Å². The van der Waals surface area contributed by atoms with Crippen LogP contribution in [0.3, 0.4) is 0 Å². The van der Waals surface area contributed by atoms with Gasteiger partial charge in [-0.1, -0.05) is 0 Å². The molecular weight excluding hydrogens is 428 g/mol. The van der Waals surface area contributed by atoms with Crippen molar-refractivity contribution in [2.75, 3.05) is 6.61 Å². The molecule has 0 aliphatic heterocycles. The average Bonchev–Trinajstić information content (AvgIpc) is 3.01. The van der Waals surface area contributed by atoms with Crippen LogP contribution in [0, 0.1) is 10.1 Å². The van der Waals surface area contributed by atoms with Gasteiger partial charge in [-0.15, -0.1) is 0 Å². The molecule has 27 heavy (non-hydrogen) atoms. The first-order valence-electron chi connectivity index (χ1n) is 8.52. The molecule has 0 atom stereocenters. The molecule has 0 saturated carbocycles. The largest absolute Gasteiger partial charge is 1.00 e. The number of non-ortho nitro benzene ring substituents is 1. The van der Waals surface area contributed by atoms with Crippen molar-refractivity contribution in [3.8, 4) is 5.75 Å². The first-order valence-corrected chi connectivity index (χ1v) is 10.1. The van der Waals surface area contributed by atoms with Crippen LogP contribution in [0.5, 0.6) is 5.75 Å². The number of carbonyl (C=O) groups excluding carboxylic acids is 1. The maximum atomic E-state index is 11.6. The summed E-state index contributed by atoms with van der Waals surface area (Å²) in [6, 6.07) is 3.00. The molecule has 0 amide bonds. The van der Waals surface area contributed by atoms with Crippen molar-refractivity contribution in [2.45, 2.75) is 58.5 Å². The monoisotopic (exact) mass is 453 g/mol. The van der Waals surface area contributed by atoms with Crippen molar-refractivity contribution in [2.24, 2.45) is 0 Å². The van der Waals surface area contributed by atoms with Gasteiger partial charge in [0, 0.05) is 0 Å². The maximum absolute atomic E-state index is 11.6. The number of hydrogen-bond acceptors (Lipinski definition) is 7. The Morgan fingerprint density at radius 1 is 1.19 bits per heavy atom. The number of ether oxygens (including phenoxy) is 2. The van der Waals surface area contributed by atoms with Crippen LogP contribution in [-0.4, -0.2) is 46.0 Å². The quantitative estimate of drug-likeness (QED) is 0.178. The van der Waals surface area contributed by atoms with Crippen LogP contribution in [0.2, 0.25) is 0 Å². The Balaban J connectivity index is 0.00000364. The summed E-state index contributed by atoms with van der Waals surface area (Å²) in [4.78, 5) is 22.1. The van der Waals surface area contributed by atoms with E-state index < -0.39 is 10.5 Å². The summed E-state index contributed by atoms with van der Waals surface area (Å²) in [5, 5.41) is 11.0. The minimum absolute atomic E-state index is 0. The van der Waals surface area contributed by atoms with E-state index >= 15 is 0 Å². The van der Waals surface area contributed by atoms with E-state index in [4.69, 9.17) is 9.47 Å². The predicted octanol–water partition coefficient (Wildman–Crippen LogP) is 0.383. The molecule has 2 aromatic rings. The Morgan fingerprint density at radius 3 is 2.52 bits per heavy atom. The summed E-state index contributed by atoms with van der Waals surface area (Å²) in [6.45, 7) is 6.08. The van der Waals surface area contributed by atoms with Crippen molar-refractivity contribution >= 4 is 37.7 Å². The normalized spacial score (nSPS) is 11.1. The number of nitro groups is 1. The maximum Gasteiger partial charge on any atom is 1.00 e. The number of nitro benzene ring substituents is 1. The van der Waals surface area contributed by atoms with Gasteiger partial charge in [0.2, 0.25) is 0 Å². The molecular formula is C17H24N3NaO5Se. The number of benzene rings is 1. The number of carbonyl (C=O) groups is 1. The third kappa shape index (κ3) is 7.87. The third-order valence-electron chi connectivity index (χ3n) is 3.51. The Morgan fingerprint density at radius 2 is 1.85 bits per heavy atom. The minimum Gasteiger partial charge on any atom is -1.00 e. The molecule has 0 aliphatic rings. The van der Waals surface area contributed by atoms with Crippen LogP contribution in [0.15, 0.2) is 12.1 Å². The van der Waals surface area contributed by atoms with Gasteiger partial charge < -0.3 is 1.43 Å². The van der Waals surface area contributed by atoms with Crippen LogP contribution in [0.4, 0.5) is 5.69 Å². The van der Waals surface area contributed by atoms with Crippen LogP contribution in [0.1, 0.15) is 54.3 Å². The molecule has 0 spiro atoms. The van der Waals surface area contributed by atoms with Gasteiger partial charge in [0.1, 0.15) is 5.60 Å². The number of nitrogens with zero attached hydrogens (tertiary/aromatic N) is 3. The van der Waals surface area contributed by atoms with Gasteiger partial charge in [-0.3, -0.25) is 0 Å².